The van der Waals surface area contributed by atoms with E-state index in [4.69, 9.17) is 11.6 Å². The lowest BCUT2D eigenvalue weighted by Gasteiger charge is -2.26. The minimum atomic E-state index is -0.803. The third kappa shape index (κ3) is 2.90. The van der Waals surface area contributed by atoms with E-state index < -0.39 is 17.8 Å². The first-order chi connectivity index (χ1) is 13.0. The van der Waals surface area contributed by atoms with Crippen LogP contribution in [-0.2, 0) is 16.6 Å². The summed E-state index contributed by atoms with van der Waals surface area (Å²) in [4.78, 5) is 38.4. The summed E-state index contributed by atoms with van der Waals surface area (Å²) in [6.07, 6.45) is 3.34. The summed E-state index contributed by atoms with van der Waals surface area (Å²) >= 11 is 5.97. The molecular weight excluding hydrogens is 366 g/mol. The number of amides is 4. The zero-order chi connectivity index (χ0) is 19.1. The molecule has 0 spiro atoms. The predicted octanol–water partition coefficient (Wildman–Crippen LogP) is 3.50. The van der Waals surface area contributed by atoms with Crippen LogP contribution in [0.25, 0.3) is 17.0 Å². The lowest BCUT2D eigenvalue weighted by Crippen LogP contribution is -2.54. The molecule has 3 aromatic rings. The summed E-state index contributed by atoms with van der Waals surface area (Å²) in [6.45, 7) is 0. The second-order valence-corrected chi connectivity index (χ2v) is 6.59. The number of imide groups is 2. The number of barbiturate groups is 1. The quantitative estimate of drug-likeness (QED) is 0.547. The maximum atomic E-state index is 12.9. The van der Waals surface area contributed by atoms with Crippen molar-refractivity contribution in [1.82, 2.24) is 9.88 Å². The van der Waals surface area contributed by atoms with Crippen molar-refractivity contribution in [3.05, 3.63) is 70.9 Å². The van der Waals surface area contributed by atoms with Crippen LogP contribution in [0, 0.1) is 0 Å². The van der Waals surface area contributed by atoms with Crippen molar-refractivity contribution in [1.29, 1.82) is 0 Å². The van der Waals surface area contributed by atoms with E-state index in [-0.39, 0.29) is 5.57 Å². The summed E-state index contributed by atoms with van der Waals surface area (Å²) in [7, 11) is 1.88. The van der Waals surface area contributed by atoms with Crippen LogP contribution < -0.4 is 10.2 Å². The molecule has 0 unspecified atom stereocenters. The highest BCUT2D eigenvalue weighted by molar-refractivity contribution is 6.39. The third-order valence-electron chi connectivity index (χ3n) is 4.40. The molecule has 1 aliphatic heterocycles. The molecule has 0 atom stereocenters. The van der Waals surface area contributed by atoms with Gasteiger partial charge in [-0.1, -0.05) is 35.9 Å². The number of anilines is 1. The lowest BCUT2D eigenvalue weighted by atomic mass is 10.1. The molecule has 1 aromatic heterocycles. The van der Waals surface area contributed by atoms with E-state index in [0.717, 1.165) is 15.8 Å². The standard InChI is InChI=1S/C20H14ClN3O3/c1-23-11-12(15-7-2-3-8-17(15)23)9-16-18(25)22-20(27)24(19(16)26)14-6-4-5-13(21)10-14/h2-11H,1H3,(H,22,25,27). The number of carbonyl (C=O) groups excluding carboxylic acids is 3. The molecule has 4 rings (SSSR count). The molecule has 4 amide bonds. The molecule has 0 saturated carbocycles. The van der Waals surface area contributed by atoms with Gasteiger partial charge >= 0.3 is 6.03 Å². The highest BCUT2D eigenvalue weighted by Gasteiger charge is 2.37. The van der Waals surface area contributed by atoms with Crippen LogP contribution in [0.15, 0.2) is 60.3 Å². The molecule has 1 aliphatic rings. The fourth-order valence-electron chi connectivity index (χ4n) is 3.15. The molecule has 27 heavy (non-hydrogen) atoms. The Labute approximate surface area is 159 Å². The van der Waals surface area contributed by atoms with Crippen LogP contribution in [0.4, 0.5) is 10.5 Å². The Hall–Kier alpha value is -3.38. The predicted molar refractivity (Wildman–Crippen MR) is 103 cm³/mol. The van der Waals surface area contributed by atoms with E-state index in [1.807, 2.05) is 42.1 Å². The number of hydrogen-bond acceptors (Lipinski definition) is 3. The lowest BCUT2D eigenvalue weighted by molar-refractivity contribution is -0.122. The van der Waals surface area contributed by atoms with Crippen LogP contribution in [-0.4, -0.2) is 22.4 Å². The van der Waals surface area contributed by atoms with Gasteiger partial charge < -0.3 is 4.57 Å². The second-order valence-electron chi connectivity index (χ2n) is 6.15. The van der Waals surface area contributed by atoms with Gasteiger partial charge in [-0.15, -0.1) is 0 Å². The molecule has 1 N–H and O–H groups in total. The molecular formula is C20H14ClN3O3. The van der Waals surface area contributed by atoms with Crippen LogP contribution in [0.2, 0.25) is 5.02 Å². The topological polar surface area (TPSA) is 71.4 Å². The van der Waals surface area contributed by atoms with Crippen molar-refractivity contribution in [2.75, 3.05) is 4.90 Å². The number of aryl methyl sites for hydroxylation is 1. The molecule has 0 bridgehead atoms. The van der Waals surface area contributed by atoms with Gasteiger partial charge in [-0.3, -0.25) is 14.9 Å². The van der Waals surface area contributed by atoms with E-state index in [1.165, 1.54) is 12.1 Å². The Morgan fingerprint density at radius 3 is 2.59 bits per heavy atom. The number of nitrogens with zero attached hydrogens (tertiary/aromatic N) is 2. The highest BCUT2D eigenvalue weighted by Crippen LogP contribution is 2.27. The summed E-state index contributed by atoms with van der Waals surface area (Å²) < 4.78 is 1.91. The first-order valence-electron chi connectivity index (χ1n) is 8.17. The fraction of sp³-hybridized carbons (Fsp3) is 0.0500. The van der Waals surface area contributed by atoms with Crippen molar-refractivity contribution in [2.45, 2.75) is 0 Å². The number of halogens is 1. The first kappa shape index (κ1) is 17.1. The van der Waals surface area contributed by atoms with E-state index in [2.05, 4.69) is 5.32 Å². The average Bonchev–Trinajstić information content (AvgIpc) is 2.95. The first-order valence-corrected chi connectivity index (χ1v) is 8.54. The SMILES string of the molecule is Cn1cc(C=C2C(=O)NC(=O)N(c3cccc(Cl)c3)C2=O)c2ccccc21. The van der Waals surface area contributed by atoms with Crippen molar-refractivity contribution in [2.24, 2.45) is 7.05 Å². The van der Waals surface area contributed by atoms with Crippen molar-refractivity contribution in [3.63, 3.8) is 0 Å². The minimum Gasteiger partial charge on any atom is -0.350 e. The largest absolute Gasteiger partial charge is 0.350 e. The zero-order valence-electron chi connectivity index (χ0n) is 14.3. The van der Waals surface area contributed by atoms with E-state index in [1.54, 1.807) is 18.2 Å². The molecule has 1 fully saturated rings. The Morgan fingerprint density at radius 1 is 1.04 bits per heavy atom. The number of carbonyl (C=O) groups is 3. The second kappa shape index (κ2) is 6.41. The number of fused-ring (bicyclic) bond motifs is 1. The number of hydrogen-bond donors (Lipinski definition) is 1. The molecule has 0 aliphatic carbocycles. The Kier molecular flexibility index (Phi) is 4.05. The number of nitrogens with one attached hydrogen (secondary N) is 1. The van der Waals surface area contributed by atoms with Gasteiger partial charge in [0.2, 0.25) is 0 Å². The zero-order valence-corrected chi connectivity index (χ0v) is 15.0. The number of rotatable bonds is 2. The number of aromatic nitrogens is 1. The summed E-state index contributed by atoms with van der Waals surface area (Å²) in [6, 6.07) is 13.2. The fourth-order valence-corrected chi connectivity index (χ4v) is 3.34. The Bertz CT molecular complexity index is 1150. The highest BCUT2D eigenvalue weighted by atomic mass is 35.5. The van der Waals surface area contributed by atoms with Gasteiger partial charge in [0.1, 0.15) is 5.57 Å². The van der Waals surface area contributed by atoms with Gasteiger partial charge in [0.25, 0.3) is 11.8 Å². The van der Waals surface area contributed by atoms with Gasteiger partial charge in [-0.05, 0) is 30.3 Å². The molecule has 7 heteroatoms. The molecule has 6 nitrogen and oxygen atoms in total. The van der Waals surface area contributed by atoms with E-state index >= 15 is 0 Å². The van der Waals surface area contributed by atoms with Crippen LogP contribution >= 0.6 is 11.6 Å². The van der Waals surface area contributed by atoms with Gasteiger partial charge in [-0.2, -0.15) is 0 Å². The molecule has 2 aromatic carbocycles. The smallest absolute Gasteiger partial charge is 0.335 e. The molecule has 0 radical (unpaired) electrons. The monoisotopic (exact) mass is 379 g/mol. The van der Waals surface area contributed by atoms with Crippen molar-refractivity contribution < 1.29 is 14.4 Å². The van der Waals surface area contributed by atoms with Crippen LogP contribution in [0.1, 0.15) is 5.56 Å². The van der Waals surface area contributed by atoms with Gasteiger partial charge in [-0.25, -0.2) is 9.69 Å². The summed E-state index contributed by atoms with van der Waals surface area (Å²) in [5, 5.41) is 3.49. The van der Waals surface area contributed by atoms with E-state index in [9.17, 15) is 14.4 Å². The maximum absolute atomic E-state index is 12.9. The van der Waals surface area contributed by atoms with Crippen LogP contribution in [0.5, 0.6) is 0 Å². The van der Waals surface area contributed by atoms with Crippen molar-refractivity contribution >= 4 is 52.1 Å². The average molecular weight is 380 g/mol. The van der Waals surface area contributed by atoms with Gasteiger partial charge in [0, 0.05) is 34.7 Å². The van der Waals surface area contributed by atoms with Crippen LogP contribution in [0.3, 0.4) is 0 Å². The normalized spacial score (nSPS) is 16.3. The molecule has 134 valence electrons. The van der Waals surface area contributed by atoms with Gasteiger partial charge in [0.15, 0.2) is 0 Å². The minimum absolute atomic E-state index is 0.120. The number of benzene rings is 2. The number of urea groups is 1. The maximum Gasteiger partial charge on any atom is 0.335 e. The summed E-state index contributed by atoms with van der Waals surface area (Å²) in [5.41, 5.74) is 1.86. The Morgan fingerprint density at radius 2 is 1.81 bits per heavy atom. The van der Waals surface area contributed by atoms with Gasteiger partial charge in [0.05, 0.1) is 5.69 Å². The Balaban J connectivity index is 1.82. The summed E-state index contributed by atoms with van der Waals surface area (Å²) in [5.74, 6) is -1.42. The molecule has 2 heterocycles. The number of para-hydroxylation sites is 1. The van der Waals surface area contributed by atoms with Crippen molar-refractivity contribution in [3.8, 4) is 0 Å². The third-order valence-corrected chi connectivity index (χ3v) is 4.63. The molecule has 1 saturated heterocycles. The van der Waals surface area contributed by atoms with E-state index in [0.29, 0.717) is 16.3 Å².